The molecule has 0 bridgehead atoms. The van der Waals surface area contributed by atoms with Gasteiger partial charge in [-0.2, -0.15) is 0 Å². The highest BCUT2D eigenvalue weighted by atomic mass is 15.2. The minimum Gasteiger partial charge on any atom is -0.329 e. The molecule has 0 aromatic carbocycles. The Balaban J connectivity index is 4.56. The molecule has 0 heterocycles. The van der Waals surface area contributed by atoms with Gasteiger partial charge in [0.25, 0.3) is 0 Å². The lowest BCUT2D eigenvalue weighted by Gasteiger charge is -2.43. The van der Waals surface area contributed by atoms with Crippen molar-refractivity contribution in [3.63, 3.8) is 0 Å². The van der Waals surface area contributed by atoms with Crippen LogP contribution in [0.25, 0.3) is 0 Å². The molecule has 0 spiro atoms. The molecule has 0 aromatic rings. The second-order valence-electron chi connectivity index (χ2n) is 4.93. The molecule has 0 atom stereocenters. The zero-order valence-electron chi connectivity index (χ0n) is 11.9. The zero-order valence-corrected chi connectivity index (χ0v) is 11.9. The average Bonchev–Trinajstić information content (AvgIpc) is 2.28. The maximum atomic E-state index is 6.01. The molecule has 0 saturated carbocycles. The van der Waals surface area contributed by atoms with Crippen molar-refractivity contribution < 1.29 is 0 Å². The first kappa shape index (κ1) is 15.9. The largest absolute Gasteiger partial charge is 0.329 e. The lowest BCUT2D eigenvalue weighted by atomic mass is 9.90. The highest BCUT2D eigenvalue weighted by Gasteiger charge is 2.30. The topological polar surface area (TPSA) is 32.5 Å². The van der Waals surface area contributed by atoms with Gasteiger partial charge in [0.1, 0.15) is 0 Å². The Labute approximate surface area is 102 Å². The summed E-state index contributed by atoms with van der Waals surface area (Å²) >= 11 is 0. The Bertz CT molecular complexity index is 156. The fourth-order valence-electron chi connectivity index (χ4n) is 2.29. The number of hydrogen-bond acceptors (Lipinski definition) is 3. The smallest absolute Gasteiger partial charge is 0.0327 e. The fourth-order valence-corrected chi connectivity index (χ4v) is 2.29. The van der Waals surface area contributed by atoms with Gasteiger partial charge in [0.15, 0.2) is 0 Å². The van der Waals surface area contributed by atoms with Crippen LogP contribution in [0.2, 0.25) is 0 Å². The van der Waals surface area contributed by atoms with Crippen LogP contribution in [-0.2, 0) is 0 Å². The first-order chi connectivity index (χ1) is 7.56. The van der Waals surface area contributed by atoms with Gasteiger partial charge in [-0.05, 0) is 39.9 Å². The van der Waals surface area contributed by atoms with E-state index in [2.05, 4.69) is 44.7 Å². The number of nitrogens with two attached hydrogens (primary N) is 1. The Kier molecular flexibility index (Phi) is 7.98. The van der Waals surface area contributed by atoms with Crippen LogP contribution in [0.4, 0.5) is 0 Å². The summed E-state index contributed by atoms with van der Waals surface area (Å²) in [7, 11) is 4.26. The summed E-state index contributed by atoms with van der Waals surface area (Å²) in [6.45, 7) is 10.9. The van der Waals surface area contributed by atoms with E-state index in [1.807, 2.05) is 0 Å². The van der Waals surface area contributed by atoms with E-state index in [4.69, 9.17) is 5.73 Å². The second-order valence-corrected chi connectivity index (χ2v) is 4.93. The monoisotopic (exact) mass is 229 g/mol. The van der Waals surface area contributed by atoms with E-state index in [9.17, 15) is 0 Å². The van der Waals surface area contributed by atoms with Crippen LogP contribution in [0, 0.1) is 0 Å². The first-order valence-corrected chi connectivity index (χ1v) is 6.66. The molecule has 16 heavy (non-hydrogen) atoms. The SMILES string of the molecule is CCCN(CCN(C)C)C(CC)(CC)CN. The van der Waals surface area contributed by atoms with Gasteiger partial charge in [-0.1, -0.05) is 20.8 Å². The zero-order chi connectivity index (χ0) is 12.6. The third kappa shape index (κ3) is 4.40. The first-order valence-electron chi connectivity index (χ1n) is 6.66. The Morgan fingerprint density at radius 3 is 1.81 bits per heavy atom. The number of nitrogens with zero attached hydrogens (tertiary/aromatic N) is 2. The molecule has 3 heteroatoms. The number of rotatable bonds is 9. The second kappa shape index (κ2) is 8.04. The molecule has 0 aliphatic carbocycles. The summed E-state index contributed by atoms with van der Waals surface area (Å²) in [5.74, 6) is 0. The molecule has 0 aliphatic heterocycles. The molecular weight excluding hydrogens is 198 g/mol. The van der Waals surface area contributed by atoms with Crippen molar-refractivity contribution in [1.29, 1.82) is 0 Å². The maximum absolute atomic E-state index is 6.01. The van der Waals surface area contributed by atoms with Crippen LogP contribution in [0.15, 0.2) is 0 Å². The Morgan fingerprint density at radius 1 is 0.938 bits per heavy atom. The van der Waals surface area contributed by atoms with Crippen LogP contribution in [0.1, 0.15) is 40.0 Å². The van der Waals surface area contributed by atoms with Crippen molar-refractivity contribution >= 4 is 0 Å². The quantitative estimate of drug-likeness (QED) is 0.654. The molecule has 2 N–H and O–H groups in total. The van der Waals surface area contributed by atoms with E-state index >= 15 is 0 Å². The molecule has 0 aliphatic rings. The molecular formula is C13H31N3. The van der Waals surface area contributed by atoms with Crippen LogP contribution in [0.5, 0.6) is 0 Å². The van der Waals surface area contributed by atoms with Gasteiger partial charge in [0, 0.05) is 25.2 Å². The molecule has 0 amide bonds. The highest BCUT2D eigenvalue weighted by Crippen LogP contribution is 2.22. The minimum absolute atomic E-state index is 0.214. The van der Waals surface area contributed by atoms with Gasteiger partial charge in [-0.25, -0.2) is 0 Å². The number of likely N-dealkylation sites (N-methyl/N-ethyl adjacent to an activating group) is 1. The van der Waals surface area contributed by atoms with Crippen LogP contribution >= 0.6 is 0 Å². The van der Waals surface area contributed by atoms with Crippen LogP contribution < -0.4 is 5.73 Å². The molecule has 0 radical (unpaired) electrons. The van der Waals surface area contributed by atoms with E-state index in [1.165, 1.54) is 6.42 Å². The van der Waals surface area contributed by atoms with E-state index in [0.717, 1.165) is 39.0 Å². The van der Waals surface area contributed by atoms with Crippen LogP contribution in [0.3, 0.4) is 0 Å². The van der Waals surface area contributed by atoms with Crippen molar-refractivity contribution in [2.45, 2.75) is 45.6 Å². The van der Waals surface area contributed by atoms with Gasteiger partial charge in [0.05, 0.1) is 0 Å². The normalized spacial score (nSPS) is 12.8. The van der Waals surface area contributed by atoms with Gasteiger partial charge in [0.2, 0.25) is 0 Å². The van der Waals surface area contributed by atoms with E-state index in [-0.39, 0.29) is 5.54 Å². The molecule has 98 valence electrons. The predicted octanol–water partition coefficient (Wildman–Crippen LogP) is 1.78. The summed E-state index contributed by atoms with van der Waals surface area (Å²) in [5, 5.41) is 0. The summed E-state index contributed by atoms with van der Waals surface area (Å²) in [5.41, 5.74) is 6.23. The number of hydrogen-bond donors (Lipinski definition) is 1. The fraction of sp³-hybridized carbons (Fsp3) is 1.00. The van der Waals surface area contributed by atoms with Crippen molar-refractivity contribution in [2.75, 3.05) is 40.3 Å². The summed E-state index contributed by atoms with van der Waals surface area (Å²) in [6.07, 6.45) is 3.50. The Hall–Kier alpha value is -0.120. The van der Waals surface area contributed by atoms with Crippen molar-refractivity contribution in [3.8, 4) is 0 Å². The third-order valence-corrected chi connectivity index (χ3v) is 3.68. The predicted molar refractivity (Wildman–Crippen MR) is 72.8 cm³/mol. The van der Waals surface area contributed by atoms with Gasteiger partial charge < -0.3 is 10.6 Å². The van der Waals surface area contributed by atoms with Gasteiger partial charge in [-0.15, -0.1) is 0 Å². The summed E-state index contributed by atoms with van der Waals surface area (Å²) in [4.78, 5) is 4.84. The Morgan fingerprint density at radius 2 is 1.50 bits per heavy atom. The third-order valence-electron chi connectivity index (χ3n) is 3.68. The summed E-state index contributed by atoms with van der Waals surface area (Å²) < 4.78 is 0. The maximum Gasteiger partial charge on any atom is 0.0327 e. The van der Waals surface area contributed by atoms with E-state index in [1.54, 1.807) is 0 Å². The minimum atomic E-state index is 0.214. The van der Waals surface area contributed by atoms with E-state index in [0.29, 0.717) is 0 Å². The standard InChI is InChI=1S/C13H31N3/c1-6-9-16(11-10-15(4)5)13(7-2,8-3)12-14/h6-12,14H2,1-5H3. The average molecular weight is 229 g/mol. The molecule has 0 rings (SSSR count). The van der Waals surface area contributed by atoms with Crippen molar-refractivity contribution in [3.05, 3.63) is 0 Å². The van der Waals surface area contributed by atoms with Crippen LogP contribution in [-0.4, -0.2) is 55.6 Å². The highest BCUT2D eigenvalue weighted by molar-refractivity contribution is 4.89. The summed E-state index contributed by atoms with van der Waals surface area (Å²) in [6, 6.07) is 0. The van der Waals surface area contributed by atoms with Crippen molar-refractivity contribution in [2.24, 2.45) is 5.73 Å². The molecule has 0 saturated heterocycles. The van der Waals surface area contributed by atoms with E-state index < -0.39 is 0 Å². The molecule has 0 aromatic heterocycles. The van der Waals surface area contributed by atoms with Gasteiger partial charge in [-0.3, -0.25) is 4.90 Å². The lowest BCUT2D eigenvalue weighted by molar-refractivity contribution is 0.0773. The lowest BCUT2D eigenvalue weighted by Crippen LogP contribution is -2.55. The molecule has 0 fully saturated rings. The van der Waals surface area contributed by atoms with Gasteiger partial charge >= 0.3 is 0 Å². The van der Waals surface area contributed by atoms with Crippen molar-refractivity contribution in [1.82, 2.24) is 9.80 Å². The molecule has 3 nitrogen and oxygen atoms in total. The molecule has 0 unspecified atom stereocenters.